The standard InChI is InChI=1S/C35H46O7Si/c1-35(2,3)43(5,6)41-25-29(38-22-26-16-10-7-11-17-26)30(39-23-27-18-12-8-13-19-27)31(32-33(42-32)34(36)37-4)40-24-28-20-14-9-15-21-28/h7-21,29-33H,22-25H2,1-6H3/t29-,30+,31-,32+,33+/m1/s1. The summed E-state index contributed by atoms with van der Waals surface area (Å²) in [5, 5.41) is 0.0101. The minimum absolute atomic E-state index is 0.0101. The summed E-state index contributed by atoms with van der Waals surface area (Å²) < 4.78 is 37.6. The lowest BCUT2D eigenvalue weighted by Crippen LogP contribution is -2.51. The van der Waals surface area contributed by atoms with Crippen LogP contribution in [-0.4, -0.2) is 58.5 Å². The zero-order valence-corrected chi connectivity index (χ0v) is 27.2. The van der Waals surface area contributed by atoms with Crippen molar-refractivity contribution in [3.8, 4) is 0 Å². The normalized spacial score (nSPS) is 18.9. The van der Waals surface area contributed by atoms with Gasteiger partial charge in [-0.2, -0.15) is 0 Å². The smallest absolute Gasteiger partial charge is 0.337 e. The van der Waals surface area contributed by atoms with Crippen LogP contribution in [0.2, 0.25) is 18.1 Å². The molecule has 3 aromatic rings. The molecule has 0 aromatic heterocycles. The molecule has 0 saturated carbocycles. The number of hydrogen-bond donors (Lipinski definition) is 0. The summed E-state index contributed by atoms with van der Waals surface area (Å²) in [5.74, 6) is -0.431. The van der Waals surface area contributed by atoms with Gasteiger partial charge in [0.2, 0.25) is 0 Å². The number of carbonyl (C=O) groups is 1. The van der Waals surface area contributed by atoms with Gasteiger partial charge >= 0.3 is 5.97 Å². The largest absolute Gasteiger partial charge is 0.467 e. The molecule has 0 spiro atoms. The van der Waals surface area contributed by atoms with Crippen LogP contribution in [0, 0.1) is 0 Å². The number of carbonyl (C=O) groups excluding carboxylic acids is 1. The van der Waals surface area contributed by atoms with Gasteiger partial charge in [0, 0.05) is 0 Å². The zero-order chi connectivity index (χ0) is 30.9. The van der Waals surface area contributed by atoms with Gasteiger partial charge in [0.1, 0.15) is 24.4 Å². The molecule has 5 atom stereocenters. The molecular weight excluding hydrogens is 560 g/mol. The lowest BCUT2D eigenvalue weighted by molar-refractivity contribution is -0.165. The molecule has 1 saturated heterocycles. The van der Waals surface area contributed by atoms with E-state index in [0.717, 1.165) is 16.7 Å². The maximum atomic E-state index is 12.5. The van der Waals surface area contributed by atoms with Crippen molar-refractivity contribution in [1.82, 2.24) is 0 Å². The number of methoxy groups -OCH3 is 1. The van der Waals surface area contributed by atoms with Gasteiger partial charge in [-0.25, -0.2) is 4.79 Å². The van der Waals surface area contributed by atoms with Crippen LogP contribution in [0.1, 0.15) is 37.5 Å². The van der Waals surface area contributed by atoms with Crippen LogP contribution in [0.3, 0.4) is 0 Å². The van der Waals surface area contributed by atoms with Gasteiger partial charge in [-0.15, -0.1) is 0 Å². The Balaban J connectivity index is 1.67. The Hall–Kier alpha value is -2.85. The molecule has 1 aliphatic heterocycles. The maximum Gasteiger partial charge on any atom is 0.337 e. The fourth-order valence-corrected chi connectivity index (χ4v) is 5.54. The molecule has 43 heavy (non-hydrogen) atoms. The fourth-order valence-electron chi connectivity index (χ4n) is 4.53. The average Bonchev–Trinajstić information content (AvgIpc) is 3.80. The van der Waals surface area contributed by atoms with Gasteiger partial charge in [0.15, 0.2) is 14.4 Å². The molecule has 232 valence electrons. The Morgan fingerprint density at radius 1 is 0.767 bits per heavy atom. The third-order valence-corrected chi connectivity index (χ3v) is 12.8. The molecule has 7 nitrogen and oxygen atoms in total. The number of benzene rings is 3. The highest BCUT2D eigenvalue weighted by atomic mass is 28.4. The van der Waals surface area contributed by atoms with Crippen molar-refractivity contribution < 1.29 is 32.9 Å². The summed E-state index contributed by atoms with van der Waals surface area (Å²) in [6, 6.07) is 30.0. The highest BCUT2D eigenvalue weighted by molar-refractivity contribution is 6.74. The first-order valence-electron chi connectivity index (χ1n) is 14.9. The van der Waals surface area contributed by atoms with Crippen molar-refractivity contribution in [3.05, 3.63) is 108 Å². The molecule has 0 unspecified atom stereocenters. The van der Waals surface area contributed by atoms with Crippen molar-refractivity contribution in [2.24, 2.45) is 0 Å². The summed E-state index contributed by atoms with van der Waals surface area (Å²) in [5.41, 5.74) is 3.06. The molecular formula is C35H46O7Si. The minimum atomic E-state index is -2.15. The van der Waals surface area contributed by atoms with Crippen molar-refractivity contribution >= 4 is 14.3 Å². The third-order valence-electron chi connectivity index (χ3n) is 8.27. The van der Waals surface area contributed by atoms with E-state index in [4.69, 9.17) is 28.1 Å². The first-order chi connectivity index (χ1) is 20.6. The summed E-state index contributed by atoms with van der Waals surface area (Å²) in [7, 11) is -0.781. The van der Waals surface area contributed by atoms with Crippen molar-refractivity contribution in [1.29, 1.82) is 0 Å². The predicted octanol–water partition coefficient (Wildman–Crippen LogP) is 6.70. The number of rotatable bonds is 16. The van der Waals surface area contributed by atoms with E-state index in [1.165, 1.54) is 7.11 Å². The van der Waals surface area contributed by atoms with E-state index in [1.807, 2.05) is 91.0 Å². The molecule has 1 fully saturated rings. The van der Waals surface area contributed by atoms with Gasteiger partial charge in [-0.3, -0.25) is 0 Å². The van der Waals surface area contributed by atoms with E-state index in [2.05, 4.69) is 33.9 Å². The number of epoxide rings is 1. The lowest BCUT2D eigenvalue weighted by Gasteiger charge is -2.39. The van der Waals surface area contributed by atoms with Crippen LogP contribution in [0.15, 0.2) is 91.0 Å². The SMILES string of the molecule is COC(=O)[C@H]1O[C@H]1[C@H](OCc1ccccc1)[C@@H](OCc1ccccc1)[C@@H](CO[Si](C)(C)C(C)(C)C)OCc1ccccc1. The topological polar surface area (TPSA) is 75.8 Å². The number of hydrogen-bond acceptors (Lipinski definition) is 7. The van der Waals surface area contributed by atoms with Crippen LogP contribution in [0.5, 0.6) is 0 Å². The molecule has 4 rings (SSSR count). The Morgan fingerprint density at radius 3 is 1.70 bits per heavy atom. The van der Waals surface area contributed by atoms with Gasteiger partial charge in [-0.05, 0) is 34.8 Å². The van der Waals surface area contributed by atoms with Crippen LogP contribution in [-0.2, 0) is 52.7 Å². The first-order valence-corrected chi connectivity index (χ1v) is 17.8. The molecule has 0 amide bonds. The Kier molecular flexibility index (Phi) is 11.7. The maximum absolute atomic E-state index is 12.5. The van der Waals surface area contributed by atoms with Crippen molar-refractivity contribution in [2.45, 2.75) is 89.2 Å². The minimum Gasteiger partial charge on any atom is -0.467 e. The third kappa shape index (κ3) is 9.57. The summed E-state index contributed by atoms with van der Waals surface area (Å²) in [6.07, 6.45) is -3.03. The van der Waals surface area contributed by atoms with Crippen LogP contribution in [0.4, 0.5) is 0 Å². The Labute approximate surface area is 257 Å². The van der Waals surface area contributed by atoms with Crippen LogP contribution < -0.4 is 0 Å². The number of ether oxygens (including phenoxy) is 5. The predicted molar refractivity (Wildman–Crippen MR) is 169 cm³/mol. The van der Waals surface area contributed by atoms with E-state index in [1.54, 1.807) is 0 Å². The van der Waals surface area contributed by atoms with E-state index in [9.17, 15) is 4.79 Å². The molecule has 0 N–H and O–H groups in total. The summed E-state index contributed by atoms with van der Waals surface area (Å²) >= 11 is 0. The second-order valence-electron chi connectivity index (χ2n) is 12.5. The van der Waals surface area contributed by atoms with E-state index >= 15 is 0 Å². The highest BCUT2D eigenvalue weighted by Crippen LogP contribution is 2.38. The van der Waals surface area contributed by atoms with E-state index < -0.39 is 44.8 Å². The highest BCUT2D eigenvalue weighted by Gasteiger charge is 2.56. The van der Waals surface area contributed by atoms with Crippen molar-refractivity contribution in [2.75, 3.05) is 13.7 Å². The van der Waals surface area contributed by atoms with E-state index in [-0.39, 0.29) is 5.04 Å². The monoisotopic (exact) mass is 606 g/mol. The molecule has 0 bridgehead atoms. The van der Waals surface area contributed by atoms with Crippen molar-refractivity contribution in [3.63, 3.8) is 0 Å². The second kappa shape index (κ2) is 15.2. The second-order valence-corrected chi connectivity index (χ2v) is 17.3. The van der Waals surface area contributed by atoms with E-state index in [0.29, 0.717) is 26.4 Å². The quantitative estimate of drug-likeness (QED) is 0.102. The summed E-state index contributed by atoms with van der Waals surface area (Å²) in [4.78, 5) is 12.5. The molecule has 3 aromatic carbocycles. The summed E-state index contributed by atoms with van der Waals surface area (Å²) in [6.45, 7) is 12.4. The first kappa shape index (κ1) is 33.0. The molecule has 0 radical (unpaired) electrons. The number of esters is 1. The van der Waals surface area contributed by atoms with Crippen LogP contribution >= 0.6 is 0 Å². The Morgan fingerprint density at radius 2 is 1.23 bits per heavy atom. The fraction of sp³-hybridized carbons (Fsp3) is 0.457. The lowest BCUT2D eigenvalue weighted by atomic mass is 10.0. The zero-order valence-electron chi connectivity index (χ0n) is 26.2. The van der Waals surface area contributed by atoms with Crippen LogP contribution in [0.25, 0.3) is 0 Å². The van der Waals surface area contributed by atoms with Gasteiger partial charge in [0.05, 0.1) is 33.5 Å². The van der Waals surface area contributed by atoms with Gasteiger partial charge in [0.25, 0.3) is 0 Å². The van der Waals surface area contributed by atoms with Gasteiger partial charge in [-0.1, -0.05) is 112 Å². The molecule has 0 aliphatic carbocycles. The Bertz CT molecular complexity index is 1250. The molecule has 1 heterocycles. The average molecular weight is 607 g/mol. The molecule has 1 aliphatic rings. The van der Waals surface area contributed by atoms with Gasteiger partial charge < -0.3 is 28.1 Å². The molecule has 8 heteroatoms.